The standard InChI is InChI=1S/C26H25F3N4O4S/c1-2-18-8-3-4-9-19(18)25-20(26(27,28)29)12-13-21(30-25)32-38(36,37)23-11-5-10-22(31-23)33-14-6-7-17(16-33)15-24(34)35/h2-5,8-13,17H,1,6-7,14-16H2,(H,30,32)(H,34,35)/t17-/m1/s1. The van der Waals surface area contributed by atoms with E-state index in [9.17, 15) is 26.4 Å². The number of anilines is 2. The number of piperidine rings is 1. The lowest BCUT2D eigenvalue weighted by molar-refractivity contribution is -0.138. The van der Waals surface area contributed by atoms with Crippen molar-refractivity contribution < 1.29 is 31.5 Å². The van der Waals surface area contributed by atoms with Gasteiger partial charge in [-0.1, -0.05) is 43.0 Å². The van der Waals surface area contributed by atoms with Gasteiger partial charge in [0.05, 0.1) is 11.3 Å². The van der Waals surface area contributed by atoms with Crippen LogP contribution in [0.2, 0.25) is 0 Å². The predicted molar refractivity (Wildman–Crippen MR) is 137 cm³/mol. The average Bonchev–Trinajstić information content (AvgIpc) is 2.87. The number of hydrogen-bond donors (Lipinski definition) is 2. The van der Waals surface area contributed by atoms with Gasteiger partial charge in [0.2, 0.25) is 0 Å². The van der Waals surface area contributed by atoms with Crippen molar-refractivity contribution in [1.82, 2.24) is 9.97 Å². The van der Waals surface area contributed by atoms with Gasteiger partial charge in [0.1, 0.15) is 11.6 Å². The highest BCUT2D eigenvalue weighted by atomic mass is 32.2. The number of rotatable bonds is 8. The van der Waals surface area contributed by atoms with E-state index in [4.69, 9.17) is 5.11 Å². The molecule has 0 saturated carbocycles. The van der Waals surface area contributed by atoms with Crippen LogP contribution in [-0.2, 0) is 21.0 Å². The lowest BCUT2D eigenvalue weighted by atomic mass is 9.95. The quantitative estimate of drug-likeness (QED) is 0.394. The first-order valence-electron chi connectivity index (χ1n) is 11.7. The van der Waals surface area contributed by atoms with Crippen LogP contribution in [0.3, 0.4) is 0 Å². The molecule has 1 aliphatic heterocycles. The van der Waals surface area contributed by atoms with Crippen LogP contribution in [0.4, 0.5) is 24.8 Å². The Bertz CT molecular complexity index is 1460. The number of aliphatic carboxylic acids is 1. The van der Waals surface area contributed by atoms with Crippen LogP contribution in [0.5, 0.6) is 0 Å². The SMILES string of the molecule is C=Cc1ccccc1-c1nc(NS(=O)(=O)c2cccc(N3CCC[C@H](CC(=O)O)C3)n2)ccc1C(F)(F)F. The van der Waals surface area contributed by atoms with Gasteiger partial charge in [-0.2, -0.15) is 21.6 Å². The summed E-state index contributed by atoms with van der Waals surface area (Å²) < 4.78 is 69.9. The summed E-state index contributed by atoms with van der Waals surface area (Å²) in [6.07, 6.45) is -1.84. The molecule has 1 atom stereocenters. The summed E-state index contributed by atoms with van der Waals surface area (Å²) >= 11 is 0. The van der Waals surface area contributed by atoms with Gasteiger partial charge >= 0.3 is 12.1 Å². The molecule has 0 amide bonds. The first-order valence-corrected chi connectivity index (χ1v) is 13.2. The first-order chi connectivity index (χ1) is 18.0. The van der Waals surface area contributed by atoms with Crippen molar-refractivity contribution in [3.63, 3.8) is 0 Å². The highest BCUT2D eigenvalue weighted by Gasteiger charge is 2.35. The number of alkyl halides is 3. The largest absolute Gasteiger partial charge is 0.481 e. The number of pyridine rings is 2. The van der Waals surface area contributed by atoms with E-state index in [2.05, 4.69) is 21.3 Å². The van der Waals surface area contributed by atoms with E-state index in [1.165, 1.54) is 24.3 Å². The third kappa shape index (κ3) is 6.13. The minimum absolute atomic E-state index is 0.00690. The molecule has 12 heteroatoms. The number of carboxylic acid groups (broad SMARTS) is 1. The maximum absolute atomic E-state index is 13.8. The molecule has 3 aromatic rings. The van der Waals surface area contributed by atoms with Crippen molar-refractivity contribution in [1.29, 1.82) is 0 Å². The normalized spacial score (nSPS) is 16.2. The van der Waals surface area contributed by atoms with Crippen molar-refractivity contribution >= 4 is 33.7 Å². The Balaban J connectivity index is 1.65. The molecule has 8 nitrogen and oxygen atoms in total. The average molecular weight is 547 g/mol. The van der Waals surface area contributed by atoms with Crippen LogP contribution in [-0.4, -0.2) is 42.6 Å². The predicted octanol–water partition coefficient (Wildman–Crippen LogP) is 5.30. The number of benzene rings is 1. The first kappa shape index (κ1) is 27.1. The third-order valence-corrected chi connectivity index (χ3v) is 7.42. The number of sulfonamides is 1. The third-order valence-electron chi connectivity index (χ3n) is 6.17. The van der Waals surface area contributed by atoms with Crippen molar-refractivity contribution in [2.24, 2.45) is 5.92 Å². The fraction of sp³-hybridized carbons (Fsp3) is 0.269. The zero-order chi connectivity index (χ0) is 27.5. The zero-order valence-corrected chi connectivity index (χ0v) is 21.0. The summed E-state index contributed by atoms with van der Waals surface area (Å²) in [5.74, 6) is -0.929. The molecular formula is C26H25F3N4O4S. The smallest absolute Gasteiger partial charge is 0.418 e. The van der Waals surface area contributed by atoms with E-state index in [-0.39, 0.29) is 28.7 Å². The van der Waals surface area contributed by atoms with Crippen molar-refractivity contribution in [2.45, 2.75) is 30.5 Å². The van der Waals surface area contributed by atoms with E-state index >= 15 is 0 Å². The highest BCUT2D eigenvalue weighted by molar-refractivity contribution is 7.92. The maximum atomic E-state index is 13.8. The maximum Gasteiger partial charge on any atom is 0.418 e. The monoisotopic (exact) mass is 546 g/mol. The van der Waals surface area contributed by atoms with E-state index in [1.54, 1.807) is 24.3 Å². The minimum Gasteiger partial charge on any atom is -0.481 e. The number of halogens is 3. The molecule has 1 saturated heterocycles. The number of carboxylic acids is 1. The fourth-order valence-electron chi connectivity index (χ4n) is 4.45. The Morgan fingerprint density at radius 2 is 1.89 bits per heavy atom. The highest BCUT2D eigenvalue weighted by Crippen LogP contribution is 2.38. The van der Waals surface area contributed by atoms with Crippen LogP contribution in [0.25, 0.3) is 17.3 Å². The Kier molecular flexibility index (Phi) is 7.72. The van der Waals surface area contributed by atoms with E-state index < -0.39 is 33.4 Å². The van der Waals surface area contributed by atoms with Crippen LogP contribution < -0.4 is 9.62 Å². The Morgan fingerprint density at radius 1 is 1.13 bits per heavy atom. The van der Waals surface area contributed by atoms with Gasteiger partial charge in [-0.3, -0.25) is 9.52 Å². The molecule has 200 valence electrons. The van der Waals surface area contributed by atoms with Gasteiger partial charge < -0.3 is 10.0 Å². The Morgan fingerprint density at radius 3 is 2.61 bits per heavy atom. The molecule has 0 spiro atoms. The van der Waals surface area contributed by atoms with Crippen LogP contribution in [0.15, 0.2) is 66.2 Å². The van der Waals surface area contributed by atoms with Gasteiger partial charge in [-0.25, -0.2) is 9.97 Å². The Hall–Kier alpha value is -3.93. The topological polar surface area (TPSA) is 112 Å². The molecule has 2 N–H and O–H groups in total. The molecule has 0 aliphatic carbocycles. The van der Waals surface area contributed by atoms with Crippen molar-refractivity contribution in [3.05, 3.63) is 72.3 Å². The van der Waals surface area contributed by atoms with Crippen molar-refractivity contribution in [3.8, 4) is 11.3 Å². The molecular weight excluding hydrogens is 521 g/mol. The summed E-state index contributed by atoms with van der Waals surface area (Å²) in [5, 5.41) is 8.76. The van der Waals surface area contributed by atoms with Gasteiger partial charge in [-0.05, 0) is 48.6 Å². The summed E-state index contributed by atoms with van der Waals surface area (Å²) in [5.41, 5.74) is -0.900. The molecule has 4 rings (SSSR count). The molecule has 0 unspecified atom stereocenters. The van der Waals surface area contributed by atoms with Gasteiger partial charge in [0.15, 0.2) is 5.03 Å². The van der Waals surface area contributed by atoms with Crippen LogP contribution in [0, 0.1) is 5.92 Å². The number of aromatic nitrogens is 2. The molecule has 0 radical (unpaired) electrons. The molecule has 38 heavy (non-hydrogen) atoms. The van der Waals surface area contributed by atoms with E-state index in [0.717, 1.165) is 25.0 Å². The summed E-state index contributed by atoms with van der Waals surface area (Å²) in [7, 11) is -4.32. The lowest BCUT2D eigenvalue weighted by Gasteiger charge is -2.33. The summed E-state index contributed by atoms with van der Waals surface area (Å²) in [6, 6.07) is 12.4. The second-order valence-corrected chi connectivity index (χ2v) is 10.5. The van der Waals surface area contributed by atoms with Crippen LogP contribution in [0.1, 0.15) is 30.4 Å². The molecule has 1 aliphatic rings. The van der Waals surface area contributed by atoms with Crippen molar-refractivity contribution in [2.75, 3.05) is 22.7 Å². The van der Waals surface area contributed by atoms with Crippen LogP contribution >= 0.6 is 0 Å². The number of nitrogens with zero attached hydrogens (tertiary/aromatic N) is 3. The van der Waals surface area contributed by atoms with Gasteiger partial charge in [0.25, 0.3) is 10.0 Å². The molecule has 0 bridgehead atoms. The molecule has 3 heterocycles. The van der Waals surface area contributed by atoms with E-state index in [1.807, 2.05) is 4.90 Å². The number of hydrogen-bond acceptors (Lipinski definition) is 6. The minimum atomic E-state index is -4.73. The summed E-state index contributed by atoms with van der Waals surface area (Å²) in [6.45, 7) is 4.64. The number of nitrogens with one attached hydrogen (secondary N) is 1. The van der Waals surface area contributed by atoms with Gasteiger partial charge in [-0.15, -0.1) is 0 Å². The molecule has 2 aromatic heterocycles. The Labute approximate surface area is 217 Å². The second kappa shape index (κ2) is 10.8. The lowest BCUT2D eigenvalue weighted by Crippen LogP contribution is -2.37. The van der Waals surface area contributed by atoms with E-state index in [0.29, 0.717) is 24.5 Å². The molecule has 1 fully saturated rings. The molecule has 1 aromatic carbocycles. The fourth-order valence-corrected chi connectivity index (χ4v) is 5.41. The zero-order valence-electron chi connectivity index (χ0n) is 20.1. The summed E-state index contributed by atoms with van der Waals surface area (Å²) in [4.78, 5) is 21.2. The number of carbonyl (C=O) groups is 1. The second-order valence-electron chi connectivity index (χ2n) is 8.87. The van der Waals surface area contributed by atoms with Gasteiger partial charge in [0, 0.05) is 25.1 Å².